The fourth-order valence-electron chi connectivity index (χ4n) is 4.77. The molecule has 11 heteroatoms. The van der Waals surface area contributed by atoms with Gasteiger partial charge in [0.1, 0.15) is 5.75 Å². The van der Waals surface area contributed by atoms with E-state index in [9.17, 15) is 13.2 Å². The molecule has 0 bridgehead atoms. The smallest absolute Gasteiger partial charge is 0.260 e. The Morgan fingerprint density at radius 2 is 1.82 bits per heavy atom. The highest BCUT2D eigenvalue weighted by Crippen LogP contribution is 2.32. The molecule has 214 valence electrons. The van der Waals surface area contributed by atoms with Crippen LogP contribution in [0.15, 0.2) is 47.4 Å². The topological polar surface area (TPSA) is 83.0 Å². The molecule has 0 aliphatic carbocycles. The molecule has 1 atom stereocenters. The molecule has 39 heavy (non-hydrogen) atoms. The Balaban J connectivity index is 0.00000420. The van der Waals surface area contributed by atoms with Gasteiger partial charge >= 0.3 is 0 Å². The number of likely N-dealkylation sites (N-methyl/N-ethyl adjacent to an activating group) is 1. The van der Waals surface area contributed by atoms with Crippen LogP contribution in [-0.4, -0.2) is 74.4 Å². The molecule has 1 amide bonds. The lowest BCUT2D eigenvalue weighted by Gasteiger charge is -2.30. The van der Waals surface area contributed by atoms with Gasteiger partial charge in [0.05, 0.1) is 21.7 Å². The van der Waals surface area contributed by atoms with Gasteiger partial charge in [-0.05, 0) is 81.2 Å². The van der Waals surface area contributed by atoms with Crippen molar-refractivity contribution >= 4 is 55.0 Å². The minimum absolute atomic E-state index is 0. The average Bonchev–Trinajstić information content (AvgIpc) is 3.34. The highest BCUT2D eigenvalue weighted by atomic mass is 35.5. The first kappa shape index (κ1) is 31.3. The van der Waals surface area contributed by atoms with Crippen molar-refractivity contribution in [2.45, 2.75) is 45.4 Å². The normalized spacial score (nSPS) is 16.3. The first-order valence-corrected chi connectivity index (χ1v) is 15.7. The maximum absolute atomic E-state index is 13.8. The number of hydrogen-bond donors (Lipinski definition) is 0. The third-order valence-electron chi connectivity index (χ3n) is 7.03. The number of rotatable bonds is 11. The first-order chi connectivity index (χ1) is 18.3. The van der Waals surface area contributed by atoms with Crippen LogP contribution in [0, 0.1) is 5.92 Å². The van der Waals surface area contributed by atoms with Gasteiger partial charge in [0, 0.05) is 31.7 Å². The third kappa shape index (κ3) is 7.29. The largest absolute Gasteiger partial charge is 0.494 e. The zero-order valence-electron chi connectivity index (χ0n) is 23.1. The molecule has 1 saturated heterocycles. The molecule has 2 aromatic carbocycles. The molecule has 8 nitrogen and oxygen atoms in total. The molecule has 3 aromatic rings. The fraction of sp³-hybridized carbons (Fsp3) is 0.500. The maximum atomic E-state index is 13.8. The first-order valence-electron chi connectivity index (χ1n) is 13.4. The number of thiazole rings is 1. The Labute approximate surface area is 242 Å². The van der Waals surface area contributed by atoms with Crippen molar-refractivity contribution < 1.29 is 17.9 Å². The van der Waals surface area contributed by atoms with E-state index in [1.807, 2.05) is 25.1 Å². The Morgan fingerprint density at radius 3 is 2.46 bits per heavy atom. The van der Waals surface area contributed by atoms with Gasteiger partial charge in [-0.15, -0.1) is 12.4 Å². The van der Waals surface area contributed by atoms with Gasteiger partial charge < -0.3 is 9.64 Å². The Kier molecular flexibility index (Phi) is 11.1. The number of piperidine rings is 1. The van der Waals surface area contributed by atoms with Gasteiger partial charge in [0.25, 0.3) is 5.91 Å². The second kappa shape index (κ2) is 13.9. The summed E-state index contributed by atoms with van der Waals surface area (Å²) in [6.45, 7) is 12.8. The highest BCUT2D eigenvalue weighted by Gasteiger charge is 2.29. The van der Waals surface area contributed by atoms with Crippen molar-refractivity contribution in [2.75, 3.05) is 50.8 Å². The standard InChI is InChI=1S/C28H38N4O4S2.ClH/c1-5-30(6-2)17-18-32(28-29-25-15-12-23(36-7-3)19-26(25)37-28)27(33)22-10-13-24(14-11-22)38(34,35)31-16-8-9-21(4)20-31;/h10-15,19,21H,5-9,16-18,20H2,1-4H3;1H. The van der Waals surface area contributed by atoms with Crippen LogP contribution in [0.1, 0.15) is 50.9 Å². The Morgan fingerprint density at radius 1 is 1.10 bits per heavy atom. The molecule has 2 heterocycles. The fourth-order valence-corrected chi connectivity index (χ4v) is 7.39. The van der Waals surface area contributed by atoms with E-state index in [2.05, 4.69) is 25.7 Å². The lowest BCUT2D eigenvalue weighted by molar-refractivity contribution is 0.0983. The number of sulfonamides is 1. The summed E-state index contributed by atoms with van der Waals surface area (Å²) < 4.78 is 34.5. The number of aromatic nitrogens is 1. The van der Waals surface area contributed by atoms with E-state index in [-0.39, 0.29) is 23.2 Å². The van der Waals surface area contributed by atoms with Crippen molar-refractivity contribution in [1.29, 1.82) is 0 Å². The van der Waals surface area contributed by atoms with E-state index < -0.39 is 10.0 Å². The summed E-state index contributed by atoms with van der Waals surface area (Å²) in [5, 5.41) is 0.616. The van der Waals surface area contributed by atoms with Gasteiger partial charge in [0.15, 0.2) is 5.13 Å². The minimum Gasteiger partial charge on any atom is -0.494 e. The molecule has 1 aromatic heterocycles. The van der Waals surface area contributed by atoms with Crippen LogP contribution in [0.5, 0.6) is 5.75 Å². The quantitative estimate of drug-likeness (QED) is 0.290. The number of anilines is 1. The highest BCUT2D eigenvalue weighted by molar-refractivity contribution is 7.89. The van der Waals surface area contributed by atoms with Crippen LogP contribution >= 0.6 is 23.7 Å². The van der Waals surface area contributed by atoms with E-state index in [4.69, 9.17) is 9.72 Å². The zero-order valence-corrected chi connectivity index (χ0v) is 25.6. The van der Waals surface area contributed by atoms with E-state index in [0.717, 1.165) is 41.9 Å². The van der Waals surface area contributed by atoms with E-state index in [1.165, 1.54) is 11.3 Å². The number of carbonyl (C=O) groups excluding carboxylic acids is 1. The predicted octanol–water partition coefficient (Wildman–Crippen LogP) is 5.53. The molecule has 1 aliphatic rings. The number of ether oxygens (including phenoxy) is 1. The molecule has 0 radical (unpaired) electrons. The molecule has 0 spiro atoms. The van der Waals surface area contributed by atoms with Gasteiger partial charge in [-0.1, -0.05) is 32.1 Å². The van der Waals surface area contributed by atoms with Gasteiger partial charge in [-0.2, -0.15) is 4.31 Å². The number of carbonyl (C=O) groups is 1. The van der Waals surface area contributed by atoms with Crippen molar-refractivity contribution in [3.8, 4) is 5.75 Å². The van der Waals surface area contributed by atoms with E-state index in [0.29, 0.717) is 49.4 Å². The van der Waals surface area contributed by atoms with Gasteiger partial charge in [-0.25, -0.2) is 13.4 Å². The monoisotopic (exact) mass is 594 g/mol. The van der Waals surface area contributed by atoms with Crippen molar-refractivity contribution in [2.24, 2.45) is 5.92 Å². The van der Waals surface area contributed by atoms with Crippen LogP contribution < -0.4 is 9.64 Å². The Hall–Kier alpha value is -2.24. The molecule has 1 aliphatic heterocycles. The van der Waals surface area contributed by atoms with Crippen LogP contribution in [-0.2, 0) is 10.0 Å². The SMILES string of the molecule is CCOc1ccc2nc(N(CCN(CC)CC)C(=O)c3ccc(S(=O)(=O)N4CCCC(C)C4)cc3)sc2c1.Cl. The van der Waals surface area contributed by atoms with Gasteiger partial charge in [-0.3, -0.25) is 9.69 Å². The summed E-state index contributed by atoms with van der Waals surface area (Å²) in [5.41, 5.74) is 1.25. The second-order valence-electron chi connectivity index (χ2n) is 9.68. The molecular formula is C28H39ClN4O4S2. The number of nitrogens with zero attached hydrogens (tertiary/aromatic N) is 4. The maximum Gasteiger partial charge on any atom is 0.260 e. The molecule has 4 rings (SSSR count). The molecule has 0 N–H and O–H groups in total. The molecule has 1 unspecified atom stereocenters. The lowest BCUT2D eigenvalue weighted by atomic mass is 10.0. The number of fused-ring (bicyclic) bond motifs is 1. The van der Waals surface area contributed by atoms with Gasteiger partial charge in [0.2, 0.25) is 10.0 Å². The van der Waals surface area contributed by atoms with E-state index in [1.54, 1.807) is 33.5 Å². The van der Waals surface area contributed by atoms with E-state index >= 15 is 0 Å². The average molecular weight is 595 g/mol. The summed E-state index contributed by atoms with van der Waals surface area (Å²) in [5.74, 6) is 0.921. The molecule has 1 fully saturated rings. The summed E-state index contributed by atoms with van der Waals surface area (Å²) in [6.07, 6.45) is 1.91. The predicted molar refractivity (Wildman–Crippen MR) is 161 cm³/mol. The summed E-state index contributed by atoms with van der Waals surface area (Å²) in [6, 6.07) is 12.1. The third-order valence-corrected chi connectivity index (χ3v) is 9.95. The number of amides is 1. The summed E-state index contributed by atoms with van der Waals surface area (Å²) in [7, 11) is -3.58. The van der Waals surface area contributed by atoms with Crippen LogP contribution in [0.25, 0.3) is 10.2 Å². The van der Waals surface area contributed by atoms with Crippen LogP contribution in [0.3, 0.4) is 0 Å². The Bertz CT molecular complexity index is 1340. The molecular weight excluding hydrogens is 556 g/mol. The van der Waals surface area contributed by atoms with Crippen molar-refractivity contribution in [3.63, 3.8) is 0 Å². The van der Waals surface area contributed by atoms with Crippen LogP contribution in [0.2, 0.25) is 0 Å². The van der Waals surface area contributed by atoms with Crippen LogP contribution in [0.4, 0.5) is 5.13 Å². The van der Waals surface area contributed by atoms with Crippen molar-refractivity contribution in [1.82, 2.24) is 14.2 Å². The summed E-state index contributed by atoms with van der Waals surface area (Å²) >= 11 is 1.45. The lowest BCUT2D eigenvalue weighted by Crippen LogP contribution is -2.39. The minimum atomic E-state index is -3.58. The zero-order chi connectivity index (χ0) is 27.3. The number of hydrogen-bond acceptors (Lipinski definition) is 7. The second-order valence-corrected chi connectivity index (χ2v) is 12.6. The number of halogens is 1. The molecule has 0 saturated carbocycles. The number of benzene rings is 2. The van der Waals surface area contributed by atoms with Crippen molar-refractivity contribution in [3.05, 3.63) is 48.0 Å². The summed E-state index contributed by atoms with van der Waals surface area (Å²) in [4.78, 5) is 22.7.